The van der Waals surface area contributed by atoms with E-state index < -0.39 is 0 Å². The Balaban J connectivity index is 1.59. The van der Waals surface area contributed by atoms with Gasteiger partial charge in [0.2, 0.25) is 5.91 Å². The minimum Gasteiger partial charge on any atom is -0.368 e. The number of thiophene rings is 1. The third kappa shape index (κ3) is 3.40. The van der Waals surface area contributed by atoms with Gasteiger partial charge in [0.05, 0.1) is 10.2 Å². The van der Waals surface area contributed by atoms with Gasteiger partial charge in [0.1, 0.15) is 12.1 Å². The molecule has 2 N–H and O–H groups in total. The van der Waals surface area contributed by atoms with Gasteiger partial charge in [-0.2, -0.15) is 0 Å². The molecule has 0 fully saturated rings. The van der Waals surface area contributed by atoms with E-state index in [4.69, 9.17) is 0 Å². The molecule has 2 aromatic heterocycles. The van der Waals surface area contributed by atoms with Crippen LogP contribution >= 0.6 is 11.3 Å². The molecule has 5 nitrogen and oxygen atoms in total. The van der Waals surface area contributed by atoms with Crippen LogP contribution in [0.1, 0.15) is 12.5 Å². The summed E-state index contributed by atoms with van der Waals surface area (Å²) in [5, 5.41) is 8.14. The van der Waals surface area contributed by atoms with Crippen molar-refractivity contribution >= 4 is 39.0 Å². The first kappa shape index (κ1) is 14.5. The zero-order chi connectivity index (χ0) is 15.4. The number of nitrogens with zero attached hydrogens (tertiary/aromatic N) is 2. The molecule has 0 atom stereocenters. The minimum absolute atomic E-state index is 0.0573. The van der Waals surface area contributed by atoms with E-state index in [1.54, 1.807) is 17.7 Å². The lowest BCUT2D eigenvalue weighted by Gasteiger charge is -2.07. The number of carbonyl (C=O) groups is 1. The summed E-state index contributed by atoms with van der Waals surface area (Å²) < 4.78 is 1.09. The first-order chi connectivity index (χ1) is 10.7. The lowest BCUT2D eigenvalue weighted by atomic mass is 10.1. The van der Waals surface area contributed by atoms with Gasteiger partial charge in [0.15, 0.2) is 0 Å². The van der Waals surface area contributed by atoms with Crippen LogP contribution in [0.3, 0.4) is 0 Å². The third-order valence-electron chi connectivity index (χ3n) is 3.22. The molecule has 0 spiro atoms. The lowest BCUT2D eigenvalue weighted by molar-refractivity contribution is -0.114. The number of fused-ring (bicyclic) bond motifs is 1. The van der Waals surface area contributed by atoms with E-state index in [9.17, 15) is 4.79 Å². The van der Waals surface area contributed by atoms with Crippen LogP contribution in [0, 0.1) is 0 Å². The molecule has 112 valence electrons. The van der Waals surface area contributed by atoms with Gasteiger partial charge in [-0.25, -0.2) is 9.97 Å². The van der Waals surface area contributed by atoms with E-state index in [-0.39, 0.29) is 5.91 Å². The molecule has 0 aliphatic heterocycles. The van der Waals surface area contributed by atoms with Crippen LogP contribution in [0.2, 0.25) is 0 Å². The van der Waals surface area contributed by atoms with Gasteiger partial charge in [0.25, 0.3) is 0 Å². The molecule has 1 amide bonds. The third-order valence-corrected chi connectivity index (χ3v) is 4.13. The van der Waals surface area contributed by atoms with Crippen molar-refractivity contribution in [2.75, 3.05) is 17.2 Å². The summed E-state index contributed by atoms with van der Waals surface area (Å²) in [6, 6.07) is 9.87. The van der Waals surface area contributed by atoms with Crippen molar-refractivity contribution in [2.45, 2.75) is 13.3 Å². The number of amides is 1. The van der Waals surface area contributed by atoms with E-state index in [0.717, 1.165) is 34.7 Å². The molecule has 0 saturated carbocycles. The zero-order valence-electron chi connectivity index (χ0n) is 12.2. The zero-order valence-corrected chi connectivity index (χ0v) is 13.0. The van der Waals surface area contributed by atoms with Crippen molar-refractivity contribution in [2.24, 2.45) is 0 Å². The van der Waals surface area contributed by atoms with Gasteiger partial charge >= 0.3 is 0 Å². The highest BCUT2D eigenvalue weighted by atomic mass is 32.1. The van der Waals surface area contributed by atoms with Gasteiger partial charge in [-0.3, -0.25) is 4.79 Å². The highest BCUT2D eigenvalue weighted by molar-refractivity contribution is 7.17. The van der Waals surface area contributed by atoms with E-state index in [0.29, 0.717) is 0 Å². The molecule has 3 aromatic rings. The van der Waals surface area contributed by atoms with Crippen LogP contribution in [0.4, 0.5) is 11.5 Å². The first-order valence-electron chi connectivity index (χ1n) is 7.01. The normalized spacial score (nSPS) is 10.6. The van der Waals surface area contributed by atoms with Crippen LogP contribution in [0.25, 0.3) is 10.2 Å². The van der Waals surface area contributed by atoms with E-state index >= 15 is 0 Å². The predicted molar refractivity (Wildman–Crippen MR) is 90.4 cm³/mol. The van der Waals surface area contributed by atoms with Crippen molar-refractivity contribution in [3.05, 3.63) is 47.6 Å². The SMILES string of the molecule is CC(=O)Nc1ccc(CCNc2ncnc3ccsc23)cc1. The van der Waals surface area contributed by atoms with E-state index in [1.165, 1.54) is 12.5 Å². The highest BCUT2D eigenvalue weighted by Gasteiger charge is 2.04. The standard InChI is InChI=1S/C16H16N4OS/c1-11(21)20-13-4-2-12(3-5-13)6-8-17-16-15-14(7-9-22-15)18-10-19-16/h2-5,7,9-10H,6,8H2,1H3,(H,20,21)(H,17,18,19). The Morgan fingerprint density at radius 2 is 2.00 bits per heavy atom. The second-order valence-corrected chi connectivity index (χ2v) is 5.83. The molecular formula is C16H16N4OS. The number of hydrogen-bond acceptors (Lipinski definition) is 5. The van der Waals surface area contributed by atoms with Crippen molar-refractivity contribution < 1.29 is 4.79 Å². The molecule has 0 saturated heterocycles. The van der Waals surface area contributed by atoms with Crippen molar-refractivity contribution in [1.82, 2.24) is 9.97 Å². The maximum atomic E-state index is 11.0. The molecule has 0 unspecified atom stereocenters. The van der Waals surface area contributed by atoms with Crippen LogP contribution in [-0.2, 0) is 11.2 Å². The molecule has 6 heteroatoms. The number of carbonyl (C=O) groups excluding carboxylic acids is 1. The summed E-state index contributed by atoms with van der Waals surface area (Å²) in [5.41, 5.74) is 3.00. The Bertz CT molecular complexity index is 782. The van der Waals surface area contributed by atoms with Crippen LogP contribution < -0.4 is 10.6 Å². The topological polar surface area (TPSA) is 66.9 Å². The molecule has 0 bridgehead atoms. The highest BCUT2D eigenvalue weighted by Crippen LogP contribution is 2.24. The van der Waals surface area contributed by atoms with Crippen LogP contribution in [0.15, 0.2) is 42.0 Å². The average Bonchev–Trinajstić information content (AvgIpc) is 2.98. The molecule has 0 radical (unpaired) electrons. The smallest absolute Gasteiger partial charge is 0.221 e. The maximum absolute atomic E-state index is 11.0. The van der Waals surface area contributed by atoms with Crippen molar-refractivity contribution in [1.29, 1.82) is 0 Å². The minimum atomic E-state index is -0.0573. The fraction of sp³-hybridized carbons (Fsp3) is 0.188. The van der Waals surface area contributed by atoms with Gasteiger partial charge < -0.3 is 10.6 Å². The van der Waals surface area contributed by atoms with Crippen LogP contribution in [-0.4, -0.2) is 22.4 Å². The number of rotatable bonds is 5. The Morgan fingerprint density at radius 3 is 2.77 bits per heavy atom. The summed E-state index contributed by atoms with van der Waals surface area (Å²) in [7, 11) is 0. The molecule has 3 rings (SSSR count). The van der Waals surface area contributed by atoms with Gasteiger partial charge in [-0.05, 0) is 35.6 Å². The number of aromatic nitrogens is 2. The average molecular weight is 312 g/mol. The van der Waals surface area contributed by atoms with Crippen LogP contribution in [0.5, 0.6) is 0 Å². The largest absolute Gasteiger partial charge is 0.368 e. The van der Waals surface area contributed by atoms with Gasteiger partial charge in [0, 0.05) is 19.2 Å². The lowest BCUT2D eigenvalue weighted by Crippen LogP contribution is -2.07. The Kier molecular flexibility index (Phi) is 4.29. The van der Waals surface area contributed by atoms with Gasteiger partial charge in [-0.1, -0.05) is 12.1 Å². The molecule has 22 heavy (non-hydrogen) atoms. The quantitative estimate of drug-likeness (QED) is 0.758. The molecule has 1 aromatic carbocycles. The summed E-state index contributed by atoms with van der Waals surface area (Å²) >= 11 is 1.64. The summed E-state index contributed by atoms with van der Waals surface area (Å²) in [6.07, 6.45) is 2.47. The van der Waals surface area contributed by atoms with Crippen molar-refractivity contribution in [3.63, 3.8) is 0 Å². The summed E-state index contributed by atoms with van der Waals surface area (Å²) in [5.74, 6) is 0.827. The van der Waals surface area contributed by atoms with Crippen molar-refractivity contribution in [3.8, 4) is 0 Å². The predicted octanol–water partition coefficient (Wildman–Crippen LogP) is 3.30. The van der Waals surface area contributed by atoms with E-state index in [2.05, 4.69) is 20.6 Å². The Hall–Kier alpha value is -2.47. The fourth-order valence-electron chi connectivity index (χ4n) is 2.20. The molecule has 0 aliphatic carbocycles. The Morgan fingerprint density at radius 1 is 1.18 bits per heavy atom. The number of nitrogens with one attached hydrogen (secondary N) is 2. The molecule has 0 aliphatic rings. The number of hydrogen-bond donors (Lipinski definition) is 2. The van der Waals surface area contributed by atoms with Gasteiger partial charge in [-0.15, -0.1) is 11.3 Å². The van der Waals surface area contributed by atoms with E-state index in [1.807, 2.05) is 35.7 Å². The summed E-state index contributed by atoms with van der Waals surface area (Å²) in [4.78, 5) is 19.5. The fourth-order valence-corrected chi connectivity index (χ4v) is 3.01. The Labute approximate surface area is 132 Å². The monoisotopic (exact) mass is 312 g/mol. The first-order valence-corrected chi connectivity index (χ1v) is 7.89. The number of anilines is 2. The summed E-state index contributed by atoms with van der Waals surface area (Å²) in [6.45, 7) is 2.30. The maximum Gasteiger partial charge on any atom is 0.221 e. The molecular weight excluding hydrogens is 296 g/mol. The second-order valence-electron chi connectivity index (χ2n) is 4.91. The molecule has 2 heterocycles. The second kappa shape index (κ2) is 6.53. The number of benzene rings is 1.